The van der Waals surface area contributed by atoms with Crippen LogP contribution in [0.15, 0.2) is 86.8 Å². The molecular formula is C24H24N2O4S. The number of rotatable bonds is 7. The SMILES string of the molecule is Cc1cc(-c2ccc(C)c(S(=O)(=O)N(Cc3ccco3)C(C)c3ccccc3)c2)on1. The summed E-state index contributed by atoms with van der Waals surface area (Å²) in [5.74, 6) is 1.11. The monoisotopic (exact) mass is 436 g/mol. The fourth-order valence-electron chi connectivity index (χ4n) is 3.54. The summed E-state index contributed by atoms with van der Waals surface area (Å²) in [4.78, 5) is 0.230. The quantitative estimate of drug-likeness (QED) is 0.382. The molecule has 1 atom stereocenters. The number of furan rings is 1. The van der Waals surface area contributed by atoms with Crippen LogP contribution >= 0.6 is 0 Å². The van der Waals surface area contributed by atoms with Crippen molar-refractivity contribution in [2.75, 3.05) is 0 Å². The Balaban J connectivity index is 1.80. The van der Waals surface area contributed by atoms with E-state index in [1.54, 1.807) is 43.5 Å². The van der Waals surface area contributed by atoms with Crippen molar-refractivity contribution >= 4 is 10.0 Å². The average Bonchev–Trinajstić information content (AvgIpc) is 3.44. The first-order valence-corrected chi connectivity index (χ1v) is 11.4. The van der Waals surface area contributed by atoms with Crippen LogP contribution in [0.4, 0.5) is 0 Å². The number of nitrogens with zero attached hydrogens (tertiary/aromatic N) is 2. The van der Waals surface area contributed by atoms with Crippen molar-refractivity contribution < 1.29 is 17.4 Å². The minimum atomic E-state index is -3.87. The number of benzene rings is 2. The van der Waals surface area contributed by atoms with Gasteiger partial charge in [-0.15, -0.1) is 0 Å². The summed E-state index contributed by atoms with van der Waals surface area (Å²) in [5, 5.41) is 3.91. The number of hydrogen-bond acceptors (Lipinski definition) is 5. The van der Waals surface area contributed by atoms with Crippen LogP contribution in [0.25, 0.3) is 11.3 Å². The second-order valence-electron chi connectivity index (χ2n) is 7.53. The standard InChI is InChI=1S/C24H24N2O4S/c1-17-11-12-21(23-14-18(2)25-30-23)15-24(17)31(27,28)26(16-22-10-7-13-29-22)19(3)20-8-5-4-6-9-20/h4-15,19H,16H2,1-3H3. The van der Waals surface area contributed by atoms with Crippen LogP contribution in [0.3, 0.4) is 0 Å². The molecule has 4 rings (SSSR count). The summed E-state index contributed by atoms with van der Waals surface area (Å²) in [6.45, 7) is 5.62. The normalized spacial score (nSPS) is 12.9. The maximum Gasteiger partial charge on any atom is 0.244 e. The minimum Gasteiger partial charge on any atom is -0.468 e. The molecular weight excluding hydrogens is 412 g/mol. The number of sulfonamides is 1. The third-order valence-electron chi connectivity index (χ3n) is 5.29. The smallest absolute Gasteiger partial charge is 0.244 e. The lowest BCUT2D eigenvalue weighted by Crippen LogP contribution is -2.33. The molecule has 0 radical (unpaired) electrons. The molecule has 1 unspecified atom stereocenters. The van der Waals surface area contributed by atoms with Gasteiger partial charge in [0, 0.05) is 17.7 Å². The van der Waals surface area contributed by atoms with Crippen LogP contribution in [0.2, 0.25) is 0 Å². The highest BCUT2D eigenvalue weighted by molar-refractivity contribution is 7.89. The van der Waals surface area contributed by atoms with Gasteiger partial charge in [-0.25, -0.2) is 8.42 Å². The molecule has 0 aliphatic carbocycles. The van der Waals surface area contributed by atoms with Crippen molar-refractivity contribution in [1.82, 2.24) is 9.46 Å². The first-order valence-electron chi connectivity index (χ1n) is 10.00. The zero-order valence-corrected chi connectivity index (χ0v) is 18.5. The van der Waals surface area contributed by atoms with Gasteiger partial charge >= 0.3 is 0 Å². The van der Waals surface area contributed by atoms with Crippen molar-refractivity contribution in [3.63, 3.8) is 0 Å². The predicted octanol–water partition coefficient (Wildman–Crippen LogP) is 5.50. The molecule has 0 saturated heterocycles. The van der Waals surface area contributed by atoms with Gasteiger partial charge in [-0.05, 0) is 50.1 Å². The largest absolute Gasteiger partial charge is 0.468 e. The second-order valence-corrected chi connectivity index (χ2v) is 9.39. The zero-order valence-electron chi connectivity index (χ0n) is 17.6. The van der Waals surface area contributed by atoms with Gasteiger partial charge in [-0.2, -0.15) is 4.31 Å². The van der Waals surface area contributed by atoms with E-state index < -0.39 is 16.1 Å². The average molecular weight is 437 g/mol. The molecule has 0 N–H and O–H groups in total. The lowest BCUT2D eigenvalue weighted by molar-refractivity contribution is 0.307. The molecule has 4 aromatic rings. The Morgan fingerprint density at radius 1 is 1.00 bits per heavy atom. The lowest BCUT2D eigenvalue weighted by Gasteiger charge is -2.29. The highest BCUT2D eigenvalue weighted by atomic mass is 32.2. The van der Waals surface area contributed by atoms with E-state index in [2.05, 4.69) is 5.16 Å². The molecule has 0 bridgehead atoms. The van der Waals surface area contributed by atoms with E-state index in [1.807, 2.05) is 50.2 Å². The Labute approximate surface area is 182 Å². The van der Waals surface area contributed by atoms with E-state index in [9.17, 15) is 8.42 Å². The molecule has 6 nitrogen and oxygen atoms in total. The summed E-state index contributed by atoms with van der Waals surface area (Å²) < 4.78 is 40.1. The predicted molar refractivity (Wildman–Crippen MR) is 118 cm³/mol. The van der Waals surface area contributed by atoms with Crippen LogP contribution < -0.4 is 0 Å². The van der Waals surface area contributed by atoms with E-state index in [1.165, 1.54) is 4.31 Å². The summed E-state index contributed by atoms with van der Waals surface area (Å²) >= 11 is 0. The minimum absolute atomic E-state index is 0.122. The van der Waals surface area contributed by atoms with Crippen molar-refractivity contribution in [3.8, 4) is 11.3 Å². The molecule has 31 heavy (non-hydrogen) atoms. The van der Waals surface area contributed by atoms with Crippen molar-refractivity contribution in [2.45, 2.75) is 38.3 Å². The van der Waals surface area contributed by atoms with Gasteiger partial charge in [0.15, 0.2) is 5.76 Å². The highest BCUT2D eigenvalue weighted by Gasteiger charge is 2.32. The number of aryl methyl sites for hydroxylation is 2. The highest BCUT2D eigenvalue weighted by Crippen LogP contribution is 2.33. The van der Waals surface area contributed by atoms with Gasteiger partial charge < -0.3 is 8.94 Å². The van der Waals surface area contributed by atoms with Gasteiger partial charge in [0.25, 0.3) is 0 Å². The third kappa shape index (κ3) is 4.33. The Morgan fingerprint density at radius 2 is 1.77 bits per heavy atom. The summed E-state index contributed by atoms with van der Waals surface area (Å²) in [6, 6.07) is 19.8. The van der Waals surface area contributed by atoms with Gasteiger partial charge in [0.05, 0.1) is 23.4 Å². The van der Waals surface area contributed by atoms with Gasteiger partial charge in [0.1, 0.15) is 5.76 Å². The second kappa shape index (κ2) is 8.53. The van der Waals surface area contributed by atoms with Crippen molar-refractivity contribution in [3.05, 3.63) is 95.6 Å². The summed E-state index contributed by atoms with van der Waals surface area (Å²) in [6.07, 6.45) is 1.55. The Kier molecular flexibility index (Phi) is 5.80. The van der Waals surface area contributed by atoms with Crippen LogP contribution in [-0.4, -0.2) is 17.9 Å². The van der Waals surface area contributed by atoms with Gasteiger partial charge in [-0.1, -0.05) is 47.6 Å². The molecule has 0 amide bonds. The molecule has 2 aromatic carbocycles. The van der Waals surface area contributed by atoms with E-state index >= 15 is 0 Å². The topological polar surface area (TPSA) is 76.6 Å². The molecule has 0 aliphatic heterocycles. The molecule has 0 fully saturated rings. The Morgan fingerprint density at radius 3 is 2.42 bits per heavy atom. The lowest BCUT2D eigenvalue weighted by atomic mass is 10.1. The number of aromatic nitrogens is 1. The molecule has 7 heteroatoms. The van der Waals surface area contributed by atoms with E-state index in [0.717, 1.165) is 11.3 Å². The third-order valence-corrected chi connectivity index (χ3v) is 7.35. The maximum absolute atomic E-state index is 13.9. The Hall–Kier alpha value is -3.16. The Bertz CT molecular complexity index is 1260. The fourth-order valence-corrected chi connectivity index (χ4v) is 5.38. The van der Waals surface area contributed by atoms with Gasteiger partial charge in [0.2, 0.25) is 10.0 Å². The summed E-state index contributed by atoms with van der Waals surface area (Å²) in [7, 11) is -3.87. The molecule has 2 heterocycles. The van der Waals surface area contributed by atoms with Crippen LogP contribution in [0.5, 0.6) is 0 Å². The molecule has 0 spiro atoms. The molecule has 160 valence electrons. The van der Waals surface area contributed by atoms with Gasteiger partial charge in [-0.3, -0.25) is 0 Å². The first kappa shape index (κ1) is 21.1. The van der Waals surface area contributed by atoms with E-state index in [4.69, 9.17) is 8.94 Å². The first-order chi connectivity index (χ1) is 14.9. The molecule has 0 aliphatic rings. The van der Waals surface area contributed by atoms with Crippen LogP contribution in [0, 0.1) is 13.8 Å². The number of hydrogen-bond donors (Lipinski definition) is 0. The van der Waals surface area contributed by atoms with Crippen molar-refractivity contribution in [2.24, 2.45) is 0 Å². The van der Waals surface area contributed by atoms with Crippen LogP contribution in [0.1, 0.15) is 35.5 Å². The summed E-state index contributed by atoms with van der Waals surface area (Å²) in [5.41, 5.74) is 2.95. The maximum atomic E-state index is 13.9. The van der Waals surface area contributed by atoms with Crippen molar-refractivity contribution in [1.29, 1.82) is 0 Å². The van der Waals surface area contributed by atoms with Crippen LogP contribution in [-0.2, 0) is 16.6 Å². The molecule has 2 aromatic heterocycles. The van der Waals surface area contributed by atoms with E-state index in [-0.39, 0.29) is 11.4 Å². The molecule has 0 saturated carbocycles. The van der Waals surface area contributed by atoms with E-state index in [0.29, 0.717) is 22.6 Å². The zero-order chi connectivity index (χ0) is 22.0. The fraction of sp³-hybridized carbons (Fsp3) is 0.208.